The average molecular weight is 403 g/mol. The lowest BCUT2D eigenvalue weighted by Gasteiger charge is -2.38. The number of halogens is 1. The number of rotatable bonds is 5. The highest BCUT2D eigenvalue weighted by molar-refractivity contribution is 5.97. The number of piperidine rings is 2. The first kappa shape index (κ1) is 21.3. The molecular formula is C22H30FN3O3. The molecule has 0 bridgehead atoms. The van der Waals surface area contributed by atoms with E-state index < -0.39 is 17.8 Å². The highest BCUT2D eigenvalue weighted by Gasteiger charge is 2.36. The molecule has 0 aromatic heterocycles. The zero-order valence-corrected chi connectivity index (χ0v) is 17.0. The Morgan fingerprint density at radius 1 is 1.03 bits per heavy atom. The van der Waals surface area contributed by atoms with Crippen LogP contribution < -0.4 is 5.32 Å². The summed E-state index contributed by atoms with van der Waals surface area (Å²) in [5.41, 5.74) is -0.0532. The summed E-state index contributed by atoms with van der Waals surface area (Å²) in [4.78, 5) is 41.6. The molecule has 0 spiro atoms. The van der Waals surface area contributed by atoms with Gasteiger partial charge < -0.3 is 15.1 Å². The van der Waals surface area contributed by atoms with Gasteiger partial charge in [-0.2, -0.15) is 0 Å². The number of carbonyl (C=O) groups is 3. The van der Waals surface area contributed by atoms with Crippen molar-refractivity contribution in [3.05, 3.63) is 35.6 Å². The van der Waals surface area contributed by atoms with E-state index in [2.05, 4.69) is 5.32 Å². The van der Waals surface area contributed by atoms with E-state index in [4.69, 9.17) is 0 Å². The van der Waals surface area contributed by atoms with Gasteiger partial charge in [0.25, 0.3) is 5.91 Å². The summed E-state index contributed by atoms with van der Waals surface area (Å²) in [6.07, 6.45) is 4.78. The number of benzene rings is 1. The number of nitrogens with zero attached hydrogens (tertiary/aromatic N) is 2. The molecule has 3 rings (SSSR count). The van der Waals surface area contributed by atoms with Crippen LogP contribution in [0.3, 0.4) is 0 Å². The monoisotopic (exact) mass is 403 g/mol. The van der Waals surface area contributed by atoms with Gasteiger partial charge in [0.05, 0.1) is 5.56 Å². The number of hydrogen-bond acceptors (Lipinski definition) is 3. The van der Waals surface area contributed by atoms with E-state index in [0.29, 0.717) is 45.4 Å². The number of hydrogen-bond donors (Lipinski definition) is 1. The second kappa shape index (κ2) is 9.85. The molecule has 7 heteroatoms. The lowest BCUT2D eigenvalue weighted by molar-refractivity contribution is -0.136. The minimum absolute atomic E-state index is 0.0532. The molecule has 3 amide bonds. The molecule has 0 aliphatic carbocycles. The summed E-state index contributed by atoms with van der Waals surface area (Å²) in [5.74, 6) is -1.21. The Morgan fingerprint density at radius 2 is 1.69 bits per heavy atom. The van der Waals surface area contributed by atoms with Crippen LogP contribution >= 0.6 is 0 Å². The van der Waals surface area contributed by atoms with E-state index in [0.717, 1.165) is 19.3 Å². The van der Waals surface area contributed by atoms with Crippen molar-refractivity contribution in [3.8, 4) is 0 Å². The molecule has 1 aromatic carbocycles. The van der Waals surface area contributed by atoms with Gasteiger partial charge in [0.2, 0.25) is 11.8 Å². The van der Waals surface area contributed by atoms with Crippen molar-refractivity contribution >= 4 is 17.7 Å². The molecule has 2 saturated heterocycles. The lowest BCUT2D eigenvalue weighted by atomic mass is 9.87. The van der Waals surface area contributed by atoms with Crippen LogP contribution in [0.15, 0.2) is 24.3 Å². The van der Waals surface area contributed by atoms with Crippen LogP contribution in [0.5, 0.6) is 0 Å². The number of amides is 3. The van der Waals surface area contributed by atoms with Gasteiger partial charge in [-0.25, -0.2) is 4.39 Å². The zero-order chi connectivity index (χ0) is 20.8. The average Bonchev–Trinajstić information content (AvgIpc) is 2.77. The van der Waals surface area contributed by atoms with Crippen LogP contribution in [0.2, 0.25) is 0 Å². The third-order valence-corrected chi connectivity index (χ3v) is 6.01. The first-order valence-electron chi connectivity index (χ1n) is 10.6. The quantitative estimate of drug-likeness (QED) is 0.822. The molecule has 2 aliphatic rings. The molecule has 0 radical (unpaired) electrons. The molecule has 1 unspecified atom stereocenters. The van der Waals surface area contributed by atoms with Crippen molar-refractivity contribution in [3.63, 3.8) is 0 Å². The van der Waals surface area contributed by atoms with Crippen molar-refractivity contribution in [2.24, 2.45) is 5.92 Å². The van der Waals surface area contributed by atoms with Crippen LogP contribution in [0, 0.1) is 11.7 Å². The van der Waals surface area contributed by atoms with Gasteiger partial charge in [-0.3, -0.25) is 14.4 Å². The van der Waals surface area contributed by atoms with Gasteiger partial charge in [0, 0.05) is 32.6 Å². The van der Waals surface area contributed by atoms with Crippen molar-refractivity contribution < 1.29 is 18.8 Å². The van der Waals surface area contributed by atoms with E-state index in [-0.39, 0.29) is 23.3 Å². The fourth-order valence-corrected chi connectivity index (χ4v) is 4.26. The Hall–Kier alpha value is -2.44. The van der Waals surface area contributed by atoms with Crippen LogP contribution in [0.4, 0.5) is 4.39 Å². The fourth-order valence-electron chi connectivity index (χ4n) is 4.26. The molecule has 2 heterocycles. The molecule has 1 aromatic rings. The van der Waals surface area contributed by atoms with E-state index >= 15 is 0 Å². The largest absolute Gasteiger partial charge is 0.343 e. The van der Waals surface area contributed by atoms with Gasteiger partial charge >= 0.3 is 0 Å². The van der Waals surface area contributed by atoms with Gasteiger partial charge in [-0.1, -0.05) is 19.1 Å². The van der Waals surface area contributed by atoms with Gasteiger partial charge in [-0.15, -0.1) is 0 Å². The van der Waals surface area contributed by atoms with Gasteiger partial charge in [0.1, 0.15) is 11.9 Å². The molecule has 1 N–H and O–H groups in total. The Kier molecular flexibility index (Phi) is 7.23. The van der Waals surface area contributed by atoms with Gasteiger partial charge in [-0.05, 0) is 50.2 Å². The van der Waals surface area contributed by atoms with Crippen molar-refractivity contribution in [1.82, 2.24) is 15.1 Å². The molecule has 6 nitrogen and oxygen atoms in total. The molecular weight excluding hydrogens is 373 g/mol. The summed E-state index contributed by atoms with van der Waals surface area (Å²) < 4.78 is 14.1. The smallest absolute Gasteiger partial charge is 0.254 e. The standard InChI is InChI=1S/C22H30FN3O3/c1-2-19(27)25-14-10-16(11-15-25)20(22(29)26-12-6-3-7-13-26)24-21(28)17-8-4-5-9-18(17)23/h4-5,8-9,16,20H,2-3,6-7,10-15H2,1H3,(H,24,28). The summed E-state index contributed by atoms with van der Waals surface area (Å²) in [6, 6.07) is 5.11. The summed E-state index contributed by atoms with van der Waals surface area (Å²) in [7, 11) is 0. The molecule has 0 saturated carbocycles. The Labute approximate surface area is 171 Å². The highest BCUT2D eigenvalue weighted by Crippen LogP contribution is 2.24. The van der Waals surface area contributed by atoms with Crippen LogP contribution in [0.1, 0.15) is 55.8 Å². The topological polar surface area (TPSA) is 69.7 Å². The fraction of sp³-hybridized carbons (Fsp3) is 0.591. The van der Waals surface area contributed by atoms with Crippen molar-refractivity contribution in [2.75, 3.05) is 26.2 Å². The van der Waals surface area contributed by atoms with E-state index in [1.165, 1.54) is 18.2 Å². The molecule has 1 atom stereocenters. The highest BCUT2D eigenvalue weighted by atomic mass is 19.1. The van der Waals surface area contributed by atoms with E-state index in [9.17, 15) is 18.8 Å². The number of carbonyl (C=O) groups excluding carboxylic acids is 3. The lowest BCUT2D eigenvalue weighted by Crippen LogP contribution is -2.55. The summed E-state index contributed by atoms with van der Waals surface area (Å²) >= 11 is 0. The second-order valence-electron chi connectivity index (χ2n) is 7.89. The predicted octanol–water partition coefficient (Wildman–Crippen LogP) is 2.59. The van der Waals surface area contributed by atoms with E-state index in [1.807, 2.05) is 16.7 Å². The number of nitrogens with one attached hydrogen (secondary N) is 1. The molecule has 158 valence electrons. The number of likely N-dealkylation sites (tertiary alicyclic amines) is 2. The zero-order valence-electron chi connectivity index (χ0n) is 17.0. The Morgan fingerprint density at radius 3 is 2.31 bits per heavy atom. The normalized spacial score (nSPS) is 19.0. The minimum Gasteiger partial charge on any atom is -0.343 e. The van der Waals surface area contributed by atoms with Crippen LogP contribution in [-0.4, -0.2) is 59.7 Å². The Balaban J connectivity index is 1.75. The molecule has 2 fully saturated rings. The van der Waals surface area contributed by atoms with Gasteiger partial charge in [0.15, 0.2) is 0 Å². The first-order chi connectivity index (χ1) is 14.0. The maximum atomic E-state index is 14.1. The Bertz CT molecular complexity index is 741. The van der Waals surface area contributed by atoms with Crippen LogP contribution in [-0.2, 0) is 9.59 Å². The first-order valence-corrected chi connectivity index (χ1v) is 10.6. The minimum atomic E-state index is -0.695. The van der Waals surface area contributed by atoms with Crippen molar-refractivity contribution in [2.45, 2.75) is 51.5 Å². The molecule has 2 aliphatic heterocycles. The third-order valence-electron chi connectivity index (χ3n) is 6.01. The summed E-state index contributed by atoms with van der Waals surface area (Å²) in [6.45, 7) is 4.38. The van der Waals surface area contributed by atoms with Crippen LogP contribution in [0.25, 0.3) is 0 Å². The third kappa shape index (κ3) is 5.14. The maximum absolute atomic E-state index is 14.1. The SMILES string of the molecule is CCC(=O)N1CCC(C(NC(=O)c2ccccc2F)C(=O)N2CCCCC2)CC1. The predicted molar refractivity (Wildman–Crippen MR) is 108 cm³/mol. The van der Waals surface area contributed by atoms with E-state index in [1.54, 1.807) is 6.07 Å². The maximum Gasteiger partial charge on any atom is 0.254 e. The second-order valence-corrected chi connectivity index (χ2v) is 7.89. The molecule has 29 heavy (non-hydrogen) atoms. The van der Waals surface area contributed by atoms with Crippen molar-refractivity contribution in [1.29, 1.82) is 0 Å². The summed E-state index contributed by atoms with van der Waals surface area (Å²) in [5, 5.41) is 2.83.